The van der Waals surface area contributed by atoms with Crippen molar-refractivity contribution in [1.82, 2.24) is 10.8 Å². The Bertz CT molecular complexity index is 1010. The summed E-state index contributed by atoms with van der Waals surface area (Å²) in [5, 5.41) is 10.4. The monoisotopic (exact) mass is 480 g/mol. The number of carbonyl (C=O) groups excluding carboxylic acids is 2. The molecule has 0 heterocycles. The van der Waals surface area contributed by atoms with Gasteiger partial charge in [0.15, 0.2) is 6.10 Å². The van der Waals surface area contributed by atoms with Crippen LogP contribution in [0.1, 0.15) is 36.8 Å². The van der Waals surface area contributed by atoms with Gasteiger partial charge in [-0.25, -0.2) is 15.1 Å². The van der Waals surface area contributed by atoms with Crippen molar-refractivity contribution in [3.63, 3.8) is 0 Å². The topological polar surface area (TPSA) is 114 Å². The molecule has 0 bridgehead atoms. The molecule has 1 unspecified atom stereocenters. The summed E-state index contributed by atoms with van der Waals surface area (Å²) >= 11 is 0. The van der Waals surface area contributed by atoms with Crippen molar-refractivity contribution < 1.29 is 42.2 Å². The number of alkyl carbamates (subject to hydrolysis) is 1. The molecule has 8 nitrogen and oxygen atoms in total. The number of carboxylic acid groups (broad SMARTS) is 1. The van der Waals surface area contributed by atoms with E-state index >= 15 is 0 Å². The summed E-state index contributed by atoms with van der Waals surface area (Å²) in [6.45, 7) is 0.978. The summed E-state index contributed by atoms with van der Waals surface area (Å²) in [5.74, 6) is -2.64. The molecule has 0 radical (unpaired) electrons. The largest absolute Gasteiger partial charge is 0.479 e. The van der Waals surface area contributed by atoms with Crippen molar-refractivity contribution in [1.29, 1.82) is 0 Å². The third-order valence-corrected chi connectivity index (χ3v) is 5.39. The summed E-state index contributed by atoms with van der Waals surface area (Å²) in [6.07, 6.45) is -8.92. The minimum atomic E-state index is -4.83. The zero-order valence-corrected chi connectivity index (χ0v) is 18.1. The van der Waals surface area contributed by atoms with Gasteiger partial charge in [0.2, 0.25) is 5.91 Å². The molecule has 1 aliphatic rings. The number of hydrogen-bond donors (Lipinski definition) is 3. The van der Waals surface area contributed by atoms with Gasteiger partial charge in [0.05, 0.1) is 0 Å². The Morgan fingerprint density at radius 2 is 1.59 bits per heavy atom. The number of carbonyl (C=O) groups is 3. The quantitative estimate of drug-likeness (QED) is 0.471. The number of carboxylic acids is 1. The number of nitrogens with one attached hydrogen (secondary N) is 2. The van der Waals surface area contributed by atoms with Crippen molar-refractivity contribution in [2.45, 2.75) is 44.0 Å². The van der Waals surface area contributed by atoms with Crippen LogP contribution in [0, 0.1) is 0 Å². The van der Waals surface area contributed by atoms with E-state index in [4.69, 9.17) is 9.84 Å². The van der Waals surface area contributed by atoms with Crippen molar-refractivity contribution in [3.05, 3.63) is 59.7 Å². The molecule has 2 amide bonds. The molecule has 2 atom stereocenters. The Hall–Kier alpha value is -3.60. The number of amides is 2. The molecule has 0 aromatic heterocycles. The number of benzene rings is 2. The van der Waals surface area contributed by atoms with Gasteiger partial charge in [-0.05, 0) is 35.6 Å². The van der Waals surface area contributed by atoms with Crippen LogP contribution in [-0.4, -0.2) is 48.0 Å². The zero-order valence-electron chi connectivity index (χ0n) is 18.1. The van der Waals surface area contributed by atoms with Crippen LogP contribution in [-0.2, 0) is 19.2 Å². The summed E-state index contributed by atoms with van der Waals surface area (Å²) in [4.78, 5) is 39.0. The van der Waals surface area contributed by atoms with E-state index in [1.165, 1.54) is 0 Å². The molecule has 3 N–H and O–H groups in total. The summed E-state index contributed by atoms with van der Waals surface area (Å²) in [7, 11) is 0. The standard InChI is InChI=1S/C23H23F3N2O6/c1-13(21(30)31)34-28-20(29)11-10-19(23(24,25)26)27-22(32)33-12-18-16-8-4-2-6-14(16)15-7-3-5-9-17(15)18/h2-9,13,18-19H,10-12H2,1H3,(H,27,32)(H,28,29)(H,30,31)/t13?,19-/m0/s1. The maximum atomic E-state index is 13.4. The number of alkyl halides is 3. The molecule has 11 heteroatoms. The Balaban J connectivity index is 1.57. The molecule has 0 saturated heterocycles. The highest BCUT2D eigenvalue weighted by molar-refractivity contribution is 5.79. The maximum absolute atomic E-state index is 13.4. The Morgan fingerprint density at radius 3 is 2.12 bits per heavy atom. The molecule has 0 spiro atoms. The van der Waals surface area contributed by atoms with Crippen LogP contribution in [0.4, 0.5) is 18.0 Å². The zero-order chi connectivity index (χ0) is 24.9. The normalized spacial score (nSPS) is 14.5. The van der Waals surface area contributed by atoms with Gasteiger partial charge in [-0.3, -0.25) is 9.63 Å². The Kier molecular flexibility index (Phi) is 7.77. The van der Waals surface area contributed by atoms with E-state index in [0.29, 0.717) is 0 Å². The molecule has 3 rings (SSSR count). The molecule has 0 aliphatic heterocycles. The van der Waals surface area contributed by atoms with E-state index in [9.17, 15) is 27.6 Å². The predicted octanol–water partition coefficient (Wildman–Crippen LogP) is 3.76. The van der Waals surface area contributed by atoms with E-state index in [1.807, 2.05) is 48.5 Å². The van der Waals surface area contributed by atoms with Crippen LogP contribution in [0.5, 0.6) is 0 Å². The predicted molar refractivity (Wildman–Crippen MR) is 114 cm³/mol. The van der Waals surface area contributed by atoms with E-state index in [0.717, 1.165) is 29.2 Å². The lowest BCUT2D eigenvalue weighted by Gasteiger charge is -2.22. The summed E-state index contributed by atoms with van der Waals surface area (Å²) in [5.41, 5.74) is 5.56. The highest BCUT2D eigenvalue weighted by atomic mass is 19.4. The maximum Gasteiger partial charge on any atom is 0.408 e. The van der Waals surface area contributed by atoms with Crippen LogP contribution in [0.2, 0.25) is 0 Å². The molecule has 182 valence electrons. The first-order valence-electron chi connectivity index (χ1n) is 10.4. The fourth-order valence-corrected chi connectivity index (χ4v) is 3.63. The fraction of sp³-hybridized carbons (Fsp3) is 0.348. The highest BCUT2D eigenvalue weighted by Crippen LogP contribution is 2.44. The first-order chi connectivity index (χ1) is 16.1. The smallest absolute Gasteiger partial charge is 0.408 e. The number of fused-ring (bicyclic) bond motifs is 3. The lowest BCUT2D eigenvalue weighted by Crippen LogP contribution is -2.46. The van der Waals surface area contributed by atoms with Crippen LogP contribution < -0.4 is 10.8 Å². The van der Waals surface area contributed by atoms with Gasteiger partial charge < -0.3 is 15.2 Å². The SMILES string of the molecule is CC(ONC(=O)CC[C@H](NC(=O)OCC1c2ccccc2-c2ccccc21)C(F)(F)F)C(=O)O. The van der Waals surface area contributed by atoms with Gasteiger partial charge in [-0.15, -0.1) is 0 Å². The first-order valence-corrected chi connectivity index (χ1v) is 10.4. The average Bonchev–Trinajstić information content (AvgIpc) is 3.11. The second-order valence-electron chi connectivity index (χ2n) is 7.73. The van der Waals surface area contributed by atoms with Crippen LogP contribution >= 0.6 is 0 Å². The second kappa shape index (κ2) is 10.6. The summed E-state index contributed by atoms with van der Waals surface area (Å²) in [6, 6.07) is 12.7. The lowest BCUT2D eigenvalue weighted by atomic mass is 9.98. The molecule has 0 fully saturated rings. The van der Waals surface area contributed by atoms with E-state index in [1.54, 1.807) is 10.8 Å². The molecule has 0 saturated carbocycles. The van der Waals surface area contributed by atoms with Gasteiger partial charge in [0.25, 0.3) is 0 Å². The number of halogens is 3. The second-order valence-corrected chi connectivity index (χ2v) is 7.73. The van der Waals surface area contributed by atoms with E-state index in [-0.39, 0.29) is 12.5 Å². The van der Waals surface area contributed by atoms with Crippen LogP contribution in [0.3, 0.4) is 0 Å². The van der Waals surface area contributed by atoms with Crippen molar-refractivity contribution in [2.24, 2.45) is 0 Å². The van der Waals surface area contributed by atoms with Crippen LogP contribution in [0.15, 0.2) is 48.5 Å². The van der Waals surface area contributed by atoms with Gasteiger partial charge in [-0.2, -0.15) is 13.2 Å². The van der Waals surface area contributed by atoms with Gasteiger partial charge in [0, 0.05) is 12.3 Å². The number of aliphatic carboxylic acids is 1. The summed E-state index contributed by atoms with van der Waals surface area (Å²) < 4.78 is 45.3. The molecular weight excluding hydrogens is 457 g/mol. The molecule has 34 heavy (non-hydrogen) atoms. The van der Waals surface area contributed by atoms with Gasteiger partial charge in [0.1, 0.15) is 12.6 Å². The van der Waals surface area contributed by atoms with Gasteiger partial charge in [-0.1, -0.05) is 48.5 Å². The third-order valence-electron chi connectivity index (χ3n) is 5.39. The van der Waals surface area contributed by atoms with E-state index in [2.05, 4.69) is 4.84 Å². The fourth-order valence-electron chi connectivity index (χ4n) is 3.63. The van der Waals surface area contributed by atoms with Crippen LogP contribution in [0.25, 0.3) is 11.1 Å². The average molecular weight is 480 g/mol. The lowest BCUT2D eigenvalue weighted by molar-refractivity contribution is -0.161. The van der Waals surface area contributed by atoms with E-state index < -0.39 is 49.1 Å². The Morgan fingerprint density at radius 1 is 1.03 bits per heavy atom. The molecular formula is C23H23F3N2O6. The number of rotatable bonds is 9. The third kappa shape index (κ3) is 6.04. The number of hydroxylamine groups is 1. The minimum Gasteiger partial charge on any atom is -0.479 e. The molecule has 1 aliphatic carbocycles. The van der Waals surface area contributed by atoms with Crippen molar-refractivity contribution in [2.75, 3.05) is 6.61 Å². The van der Waals surface area contributed by atoms with Gasteiger partial charge >= 0.3 is 18.2 Å². The number of hydrogen-bond acceptors (Lipinski definition) is 5. The van der Waals surface area contributed by atoms with Crippen molar-refractivity contribution >= 4 is 18.0 Å². The highest BCUT2D eigenvalue weighted by Gasteiger charge is 2.41. The minimum absolute atomic E-state index is 0.161. The first kappa shape index (κ1) is 25.0. The molecule has 2 aromatic rings. The van der Waals surface area contributed by atoms with Crippen molar-refractivity contribution in [3.8, 4) is 11.1 Å². The Labute approximate surface area is 193 Å². The number of ether oxygens (including phenoxy) is 1. The molecule has 2 aromatic carbocycles.